The summed E-state index contributed by atoms with van der Waals surface area (Å²) in [6.07, 6.45) is 6.31. The number of imidazole rings is 1. The molecule has 0 saturated carbocycles. The molecule has 0 bridgehead atoms. The fraction of sp³-hybridized carbons (Fsp3) is 0.0500. The third kappa shape index (κ3) is 4.24. The summed E-state index contributed by atoms with van der Waals surface area (Å²) < 4.78 is 12.5. The zero-order chi connectivity index (χ0) is 29.9. The summed E-state index contributed by atoms with van der Waals surface area (Å²) in [7, 11) is 0. The second-order valence-corrected chi connectivity index (χ2v) is 11.6. The summed E-state index contributed by atoms with van der Waals surface area (Å²) in [4.78, 5) is 4.87. The number of furan rings is 1. The van der Waals surface area contributed by atoms with E-state index in [1.165, 1.54) is 21.9 Å². The van der Waals surface area contributed by atoms with Crippen molar-refractivity contribution in [3.8, 4) is 17.2 Å². The lowest BCUT2D eigenvalue weighted by atomic mass is 10.0. The minimum atomic E-state index is 0.799. The number of hydrogen-bond acceptors (Lipinski definition) is 2. The average Bonchev–Trinajstić information content (AvgIpc) is 3.75. The molecule has 5 aromatic carbocycles. The Kier molecular flexibility index (Phi) is 5.72. The first-order valence-corrected chi connectivity index (χ1v) is 15.2. The molecule has 0 aliphatic rings. The molecule has 0 N–H and O–H groups in total. The molecule has 45 heavy (non-hydrogen) atoms. The SMILES string of the molecule is Cc1cc2cnc(-n3c4ccccc4c4ccc(Cc5cccc(-n6[c-][n+](-c7ccccc7)c7ccccc76)c5)cc43)cc2o1. The van der Waals surface area contributed by atoms with Crippen LogP contribution in [0.2, 0.25) is 0 Å². The van der Waals surface area contributed by atoms with Crippen molar-refractivity contribution in [3.05, 3.63) is 163 Å². The smallest absolute Gasteiger partial charge is 0.269 e. The fourth-order valence-corrected chi connectivity index (χ4v) is 6.61. The third-order valence-corrected chi connectivity index (χ3v) is 8.63. The molecule has 4 aromatic heterocycles. The first-order valence-electron chi connectivity index (χ1n) is 15.2. The molecule has 9 rings (SSSR count). The van der Waals surface area contributed by atoms with Gasteiger partial charge in [-0.3, -0.25) is 13.7 Å². The highest BCUT2D eigenvalue weighted by molar-refractivity contribution is 6.09. The van der Waals surface area contributed by atoms with E-state index in [2.05, 4.69) is 135 Å². The van der Waals surface area contributed by atoms with Gasteiger partial charge in [-0.2, -0.15) is 0 Å². The molecule has 4 heterocycles. The summed E-state index contributed by atoms with van der Waals surface area (Å²) in [6.45, 7) is 1.97. The summed E-state index contributed by atoms with van der Waals surface area (Å²) in [5, 5.41) is 3.43. The van der Waals surface area contributed by atoms with Gasteiger partial charge < -0.3 is 4.42 Å². The zero-order valence-electron chi connectivity index (χ0n) is 24.7. The van der Waals surface area contributed by atoms with Crippen LogP contribution in [0, 0.1) is 13.3 Å². The predicted octanol–water partition coefficient (Wildman–Crippen LogP) is 8.84. The maximum Gasteiger partial charge on any atom is 0.269 e. The molecule has 0 radical (unpaired) electrons. The topological polar surface area (TPSA) is 39.8 Å². The Balaban J connectivity index is 1.14. The summed E-state index contributed by atoms with van der Waals surface area (Å²) in [6, 6.07) is 47.0. The molecule has 5 heteroatoms. The first-order chi connectivity index (χ1) is 22.2. The van der Waals surface area contributed by atoms with E-state index < -0.39 is 0 Å². The van der Waals surface area contributed by atoms with Crippen LogP contribution in [0.4, 0.5) is 0 Å². The Hall–Kier alpha value is -5.94. The molecular formula is C40H28N4O. The van der Waals surface area contributed by atoms with Crippen LogP contribution in [0.1, 0.15) is 16.9 Å². The largest absolute Gasteiger partial charge is 0.461 e. The molecule has 0 aliphatic heterocycles. The minimum Gasteiger partial charge on any atom is -0.461 e. The molecule has 9 aromatic rings. The van der Waals surface area contributed by atoms with Gasteiger partial charge in [0.2, 0.25) is 0 Å². The van der Waals surface area contributed by atoms with Gasteiger partial charge in [0.05, 0.1) is 33.4 Å². The van der Waals surface area contributed by atoms with Crippen LogP contribution in [-0.2, 0) is 6.42 Å². The van der Waals surface area contributed by atoms with Gasteiger partial charge in [-0.15, -0.1) is 0 Å². The Morgan fingerprint density at radius 1 is 0.689 bits per heavy atom. The molecule has 0 unspecified atom stereocenters. The number of hydrogen-bond donors (Lipinski definition) is 0. The second kappa shape index (κ2) is 10.1. The van der Waals surface area contributed by atoms with Crippen LogP contribution in [-0.4, -0.2) is 14.1 Å². The van der Waals surface area contributed by atoms with E-state index >= 15 is 0 Å². The summed E-state index contributed by atoms with van der Waals surface area (Å²) in [5.74, 6) is 1.74. The van der Waals surface area contributed by atoms with Gasteiger partial charge in [0.15, 0.2) is 0 Å². The zero-order valence-corrected chi connectivity index (χ0v) is 24.7. The van der Waals surface area contributed by atoms with E-state index in [4.69, 9.17) is 9.40 Å². The predicted molar refractivity (Wildman–Crippen MR) is 180 cm³/mol. The molecule has 0 aliphatic carbocycles. The van der Waals surface area contributed by atoms with Gasteiger partial charge in [0, 0.05) is 28.4 Å². The van der Waals surface area contributed by atoms with Crippen molar-refractivity contribution in [1.29, 1.82) is 0 Å². The maximum absolute atomic E-state index is 5.98. The lowest BCUT2D eigenvalue weighted by molar-refractivity contribution is -0.572. The Bertz CT molecular complexity index is 2530. The van der Waals surface area contributed by atoms with E-state index in [1.807, 2.05) is 31.3 Å². The summed E-state index contributed by atoms with van der Waals surface area (Å²) in [5.41, 5.74) is 9.97. The van der Waals surface area contributed by atoms with Crippen molar-refractivity contribution in [2.45, 2.75) is 13.3 Å². The quantitative estimate of drug-likeness (QED) is 0.151. The fourth-order valence-electron chi connectivity index (χ4n) is 6.61. The molecule has 0 spiro atoms. The van der Waals surface area contributed by atoms with Gasteiger partial charge in [0.25, 0.3) is 6.33 Å². The Morgan fingerprint density at radius 2 is 1.47 bits per heavy atom. The Labute approximate surface area is 259 Å². The van der Waals surface area contributed by atoms with Crippen LogP contribution >= 0.6 is 0 Å². The van der Waals surface area contributed by atoms with Gasteiger partial charge in [-0.1, -0.05) is 84.9 Å². The van der Waals surface area contributed by atoms with Gasteiger partial charge in [-0.25, -0.2) is 4.98 Å². The van der Waals surface area contributed by atoms with Crippen LogP contribution in [0.3, 0.4) is 0 Å². The van der Waals surface area contributed by atoms with Crippen molar-refractivity contribution in [3.63, 3.8) is 0 Å². The van der Waals surface area contributed by atoms with E-state index in [0.29, 0.717) is 0 Å². The van der Waals surface area contributed by atoms with Crippen molar-refractivity contribution >= 4 is 43.8 Å². The van der Waals surface area contributed by atoms with Crippen LogP contribution in [0.25, 0.3) is 61.0 Å². The van der Waals surface area contributed by atoms with Gasteiger partial charge in [0.1, 0.15) is 17.2 Å². The second-order valence-electron chi connectivity index (χ2n) is 11.6. The summed E-state index contributed by atoms with van der Waals surface area (Å²) >= 11 is 0. The van der Waals surface area contributed by atoms with E-state index in [0.717, 1.165) is 62.4 Å². The van der Waals surface area contributed by atoms with E-state index in [1.54, 1.807) is 0 Å². The first kappa shape index (κ1) is 25.5. The normalized spacial score (nSPS) is 11.8. The number of pyridine rings is 1. The van der Waals surface area contributed by atoms with Crippen LogP contribution in [0.5, 0.6) is 0 Å². The number of para-hydroxylation sites is 4. The average molecular weight is 581 g/mol. The number of benzene rings is 5. The maximum atomic E-state index is 5.98. The van der Waals surface area contributed by atoms with E-state index in [9.17, 15) is 0 Å². The molecule has 0 amide bonds. The molecule has 0 fully saturated rings. The van der Waals surface area contributed by atoms with Crippen LogP contribution < -0.4 is 4.57 Å². The lowest BCUT2D eigenvalue weighted by Gasteiger charge is -2.09. The molecular weight excluding hydrogens is 552 g/mol. The molecule has 0 saturated heterocycles. The highest BCUT2D eigenvalue weighted by Crippen LogP contribution is 2.33. The number of aromatic nitrogens is 4. The lowest BCUT2D eigenvalue weighted by Crippen LogP contribution is -2.29. The van der Waals surface area contributed by atoms with Crippen LogP contribution in [0.15, 0.2) is 144 Å². The van der Waals surface area contributed by atoms with E-state index in [-0.39, 0.29) is 0 Å². The standard InChI is InChI=1S/C40H28N4O/c1-27-20-30-25-41-40(24-39(30)45-27)44-35-15-6-5-14-33(35)34-19-18-29(23-38(34)44)21-28-10-9-13-32(22-28)43-26-42(31-11-3-2-4-12-31)36-16-7-8-17-37(36)43/h2-20,22-25H,21H2,1H3. The third-order valence-electron chi connectivity index (χ3n) is 8.63. The monoisotopic (exact) mass is 580 g/mol. The van der Waals surface area contributed by atoms with Crippen molar-refractivity contribution in [1.82, 2.24) is 14.1 Å². The number of fused-ring (bicyclic) bond motifs is 5. The number of rotatable bonds is 5. The number of aryl methyl sites for hydroxylation is 1. The molecule has 0 atom stereocenters. The number of nitrogens with zero attached hydrogens (tertiary/aromatic N) is 4. The van der Waals surface area contributed by atoms with Crippen molar-refractivity contribution < 1.29 is 8.98 Å². The van der Waals surface area contributed by atoms with Gasteiger partial charge >= 0.3 is 0 Å². The molecule has 5 nitrogen and oxygen atoms in total. The minimum absolute atomic E-state index is 0.799. The van der Waals surface area contributed by atoms with Gasteiger partial charge in [-0.05, 0) is 66.9 Å². The highest BCUT2D eigenvalue weighted by Gasteiger charge is 2.16. The van der Waals surface area contributed by atoms with Crippen molar-refractivity contribution in [2.75, 3.05) is 0 Å². The van der Waals surface area contributed by atoms with Crippen molar-refractivity contribution in [2.24, 2.45) is 0 Å². The Morgan fingerprint density at radius 3 is 2.38 bits per heavy atom. The highest BCUT2D eigenvalue weighted by atomic mass is 16.3. The molecule has 214 valence electrons.